The van der Waals surface area contributed by atoms with E-state index in [0.717, 1.165) is 11.3 Å². The molecule has 3 aromatic rings. The van der Waals surface area contributed by atoms with Gasteiger partial charge in [-0.1, -0.05) is 30.3 Å². The first kappa shape index (κ1) is 20.3. The summed E-state index contributed by atoms with van der Waals surface area (Å²) < 4.78 is 21.5. The summed E-state index contributed by atoms with van der Waals surface area (Å²) >= 11 is 0. The molecule has 1 aliphatic heterocycles. The number of carbonyl (C=O) groups is 2. The Morgan fingerprint density at radius 3 is 2.48 bits per heavy atom. The van der Waals surface area contributed by atoms with Crippen LogP contribution in [0, 0.1) is 0 Å². The minimum absolute atomic E-state index is 0.151. The molecule has 1 heterocycles. The number of para-hydroxylation sites is 1. The molecular formula is C24H21NO6. The first-order valence-corrected chi connectivity index (χ1v) is 9.77. The Kier molecular flexibility index (Phi) is 6.03. The third kappa shape index (κ3) is 5.14. The van der Waals surface area contributed by atoms with Crippen LogP contribution in [0.25, 0.3) is 0 Å². The van der Waals surface area contributed by atoms with E-state index in [-0.39, 0.29) is 6.79 Å². The summed E-state index contributed by atoms with van der Waals surface area (Å²) in [6.45, 7) is 2.05. The van der Waals surface area contributed by atoms with Gasteiger partial charge in [-0.3, -0.25) is 4.79 Å². The monoisotopic (exact) mass is 419 g/mol. The van der Waals surface area contributed by atoms with Crippen molar-refractivity contribution in [2.24, 2.45) is 0 Å². The Bertz CT molecular complexity index is 1070. The van der Waals surface area contributed by atoms with Crippen LogP contribution in [0.3, 0.4) is 0 Å². The number of amides is 1. The summed E-state index contributed by atoms with van der Waals surface area (Å²) in [4.78, 5) is 24.8. The zero-order valence-corrected chi connectivity index (χ0v) is 16.9. The molecule has 31 heavy (non-hydrogen) atoms. The lowest BCUT2D eigenvalue weighted by Gasteiger charge is -2.14. The van der Waals surface area contributed by atoms with Gasteiger partial charge in [0.1, 0.15) is 12.4 Å². The van der Waals surface area contributed by atoms with Crippen molar-refractivity contribution in [1.82, 2.24) is 0 Å². The van der Waals surface area contributed by atoms with Gasteiger partial charge in [0, 0.05) is 11.8 Å². The van der Waals surface area contributed by atoms with Crippen LogP contribution in [0.1, 0.15) is 22.8 Å². The van der Waals surface area contributed by atoms with Crippen LogP contribution in [-0.4, -0.2) is 24.8 Å². The summed E-state index contributed by atoms with van der Waals surface area (Å²) in [6.07, 6.45) is -0.973. The van der Waals surface area contributed by atoms with Crippen molar-refractivity contribution in [1.29, 1.82) is 0 Å². The fourth-order valence-electron chi connectivity index (χ4n) is 2.92. The topological polar surface area (TPSA) is 83.1 Å². The molecule has 4 rings (SSSR count). The molecule has 3 aromatic carbocycles. The van der Waals surface area contributed by atoms with Gasteiger partial charge in [-0.25, -0.2) is 4.79 Å². The van der Waals surface area contributed by atoms with E-state index < -0.39 is 18.0 Å². The highest BCUT2D eigenvalue weighted by molar-refractivity contribution is 5.97. The van der Waals surface area contributed by atoms with Gasteiger partial charge in [0.25, 0.3) is 5.91 Å². The SMILES string of the molecule is C[C@@H](OC(=O)c1ccc(COc2ccccc2)cc1)C(=O)Nc1ccc2c(c1)OCO2. The van der Waals surface area contributed by atoms with E-state index in [1.807, 2.05) is 30.3 Å². The van der Waals surface area contributed by atoms with Crippen LogP contribution < -0.4 is 19.5 Å². The standard InChI is InChI=1S/C24H21NO6/c1-16(23(26)25-19-11-12-21-22(13-19)30-15-29-21)31-24(27)18-9-7-17(8-10-18)14-28-20-5-3-2-4-6-20/h2-13,16H,14-15H2,1H3,(H,25,26)/t16-/m1/s1. The number of ether oxygens (including phenoxy) is 4. The molecule has 0 unspecified atom stereocenters. The molecule has 1 atom stereocenters. The molecule has 7 heteroatoms. The summed E-state index contributed by atoms with van der Waals surface area (Å²) in [7, 11) is 0. The highest BCUT2D eigenvalue weighted by atomic mass is 16.7. The number of nitrogens with one attached hydrogen (secondary N) is 1. The molecule has 7 nitrogen and oxygen atoms in total. The van der Waals surface area contributed by atoms with Crippen molar-refractivity contribution in [3.63, 3.8) is 0 Å². The van der Waals surface area contributed by atoms with E-state index in [9.17, 15) is 9.59 Å². The van der Waals surface area contributed by atoms with E-state index in [1.54, 1.807) is 42.5 Å². The summed E-state index contributed by atoms with van der Waals surface area (Å²) in [5, 5.41) is 2.70. The van der Waals surface area contributed by atoms with Gasteiger partial charge in [-0.15, -0.1) is 0 Å². The zero-order chi connectivity index (χ0) is 21.6. The number of carbonyl (C=O) groups excluding carboxylic acids is 2. The number of hydrogen-bond donors (Lipinski definition) is 1. The van der Waals surface area contributed by atoms with Crippen LogP contribution in [0.4, 0.5) is 5.69 Å². The van der Waals surface area contributed by atoms with Gasteiger partial charge in [-0.2, -0.15) is 0 Å². The van der Waals surface area contributed by atoms with Gasteiger partial charge in [0.15, 0.2) is 17.6 Å². The predicted molar refractivity (Wildman–Crippen MR) is 113 cm³/mol. The average Bonchev–Trinajstić information content (AvgIpc) is 3.26. The molecule has 0 aliphatic carbocycles. The normalized spacial score (nSPS) is 12.7. The lowest BCUT2D eigenvalue weighted by atomic mass is 10.1. The number of esters is 1. The maximum atomic E-state index is 12.4. The summed E-state index contributed by atoms with van der Waals surface area (Å²) in [6, 6.07) is 21.4. The van der Waals surface area contributed by atoms with Crippen molar-refractivity contribution >= 4 is 17.6 Å². The van der Waals surface area contributed by atoms with Crippen molar-refractivity contribution in [3.05, 3.63) is 83.9 Å². The summed E-state index contributed by atoms with van der Waals surface area (Å²) in [5.41, 5.74) is 1.79. The van der Waals surface area contributed by atoms with Gasteiger partial charge in [0.05, 0.1) is 5.56 Å². The molecule has 0 bridgehead atoms. The Morgan fingerprint density at radius 2 is 1.71 bits per heavy atom. The van der Waals surface area contributed by atoms with E-state index in [1.165, 1.54) is 6.92 Å². The third-order valence-electron chi connectivity index (χ3n) is 4.63. The lowest BCUT2D eigenvalue weighted by molar-refractivity contribution is -0.123. The largest absolute Gasteiger partial charge is 0.489 e. The van der Waals surface area contributed by atoms with E-state index in [4.69, 9.17) is 18.9 Å². The zero-order valence-electron chi connectivity index (χ0n) is 16.9. The van der Waals surface area contributed by atoms with Crippen LogP contribution in [0.5, 0.6) is 17.2 Å². The second kappa shape index (κ2) is 9.21. The Hall–Kier alpha value is -4.00. The van der Waals surface area contributed by atoms with Gasteiger partial charge >= 0.3 is 5.97 Å². The Morgan fingerprint density at radius 1 is 0.968 bits per heavy atom. The molecule has 158 valence electrons. The number of hydrogen-bond acceptors (Lipinski definition) is 6. The highest BCUT2D eigenvalue weighted by Gasteiger charge is 2.20. The maximum Gasteiger partial charge on any atom is 0.338 e. The van der Waals surface area contributed by atoms with Crippen LogP contribution in [-0.2, 0) is 16.1 Å². The van der Waals surface area contributed by atoms with Crippen molar-refractivity contribution in [3.8, 4) is 17.2 Å². The average molecular weight is 419 g/mol. The minimum Gasteiger partial charge on any atom is -0.489 e. The minimum atomic E-state index is -0.973. The molecule has 1 amide bonds. The van der Waals surface area contributed by atoms with Crippen LogP contribution >= 0.6 is 0 Å². The molecule has 0 saturated carbocycles. The molecular weight excluding hydrogens is 398 g/mol. The number of anilines is 1. The van der Waals surface area contributed by atoms with Crippen LogP contribution in [0.15, 0.2) is 72.8 Å². The van der Waals surface area contributed by atoms with E-state index in [2.05, 4.69) is 5.32 Å². The predicted octanol–water partition coefficient (Wildman–Crippen LogP) is 4.18. The fourth-order valence-corrected chi connectivity index (χ4v) is 2.92. The number of rotatable bonds is 7. The quantitative estimate of drug-likeness (QED) is 0.579. The Balaban J connectivity index is 1.29. The first-order chi connectivity index (χ1) is 15.1. The number of benzene rings is 3. The Labute approximate surface area is 179 Å². The molecule has 0 fully saturated rings. The molecule has 0 spiro atoms. The van der Waals surface area contributed by atoms with Crippen molar-refractivity contribution in [2.75, 3.05) is 12.1 Å². The van der Waals surface area contributed by atoms with E-state index >= 15 is 0 Å². The van der Waals surface area contributed by atoms with Crippen LogP contribution in [0.2, 0.25) is 0 Å². The lowest BCUT2D eigenvalue weighted by Crippen LogP contribution is -2.30. The number of fused-ring (bicyclic) bond motifs is 1. The molecule has 0 saturated heterocycles. The highest BCUT2D eigenvalue weighted by Crippen LogP contribution is 2.34. The second-order valence-electron chi connectivity index (χ2n) is 6.90. The molecule has 1 N–H and O–H groups in total. The summed E-state index contributed by atoms with van der Waals surface area (Å²) in [5.74, 6) is 0.922. The molecule has 0 aromatic heterocycles. The molecule has 0 radical (unpaired) electrons. The fraction of sp³-hybridized carbons (Fsp3) is 0.167. The van der Waals surface area contributed by atoms with Gasteiger partial charge in [-0.05, 0) is 48.9 Å². The smallest absolute Gasteiger partial charge is 0.338 e. The third-order valence-corrected chi connectivity index (χ3v) is 4.63. The van der Waals surface area contributed by atoms with E-state index in [0.29, 0.717) is 29.4 Å². The van der Waals surface area contributed by atoms with Crippen molar-refractivity contribution in [2.45, 2.75) is 19.6 Å². The second-order valence-corrected chi connectivity index (χ2v) is 6.90. The molecule has 1 aliphatic rings. The van der Waals surface area contributed by atoms with Gasteiger partial charge in [0.2, 0.25) is 6.79 Å². The van der Waals surface area contributed by atoms with Crippen molar-refractivity contribution < 1.29 is 28.5 Å². The van der Waals surface area contributed by atoms with Gasteiger partial charge < -0.3 is 24.3 Å². The first-order valence-electron chi connectivity index (χ1n) is 9.77. The maximum absolute atomic E-state index is 12.4.